The first-order chi connectivity index (χ1) is 9.17. The second-order valence-electron chi connectivity index (χ2n) is 4.58. The van der Waals surface area contributed by atoms with Crippen molar-refractivity contribution in [3.05, 3.63) is 24.3 Å². The van der Waals surface area contributed by atoms with Gasteiger partial charge in [0.25, 0.3) is 0 Å². The molecule has 5 heteroatoms. The molecule has 1 fully saturated rings. The summed E-state index contributed by atoms with van der Waals surface area (Å²) in [5, 5.41) is 9.44. The molecular weight excluding hydrogens is 244 g/mol. The Bertz CT molecular complexity index is 433. The number of aliphatic hydroxyl groups excluding tert-OH is 1. The molecule has 2 rings (SSSR count). The van der Waals surface area contributed by atoms with Crippen LogP contribution in [0.1, 0.15) is 6.92 Å². The van der Waals surface area contributed by atoms with Crippen molar-refractivity contribution in [2.45, 2.75) is 13.0 Å². The standard InChI is InChI=1S/C14H20N2O3/c1-3-19-12-6-4-11(5-7-12)16-9-8-15(2)14(18)13(16)10-17/h4-7,13,17H,3,8-10H2,1-2H3. The van der Waals surface area contributed by atoms with Gasteiger partial charge in [-0.1, -0.05) is 0 Å². The van der Waals surface area contributed by atoms with E-state index in [1.54, 1.807) is 11.9 Å². The molecule has 1 amide bonds. The van der Waals surface area contributed by atoms with E-state index in [1.807, 2.05) is 36.1 Å². The maximum Gasteiger partial charge on any atom is 0.247 e. The fourth-order valence-corrected chi connectivity index (χ4v) is 2.30. The number of hydrogen-bond donors (Lipinski definition) is 1. The predicted molar refractivity (Wildman–Crippen MR) is 73.5 cm³/mol. The minimum Gasteiger partial charge on any atom is -0.494 e. The van der Waals surface area contributed by atoms with Crippen LogP contribution >= 0.6 is 0 Å². The summed E-state index contributed by atoms with van der Waals surface area (Å²) in [6.07, 6.45) is 0. The lowest BCUT2D eigenvalue weighted by molar-refractivity contribution is -0.133. The number of nitrogens with zero attached hydrogens (tertiary/aromatic N) is 2. The molecule has 0 aliphatic carbocycles. The molecule has 19 heavy (non-hydrogen) atoms. The SMILES string of the molecule is CCOc1ccc(N2CCN(C)C(=O)C2CO)cc1. The molecule has 1 N–H and O–H groups in total. The van der Waals surface area contributed by atoms with E-state index < -0.39 is 6.04 Å². The highest BCUT2D eigenvalue weighted by atomic mass is 16.5. The van der Waals surface area contributed by atoms with Gasteiger partial charge in [0.2, 0.25) is 5.91 Å². The Morgan fingerprint density at radius 2 is 2.00 bits per heavy atom. The smallest absolute Gasteiger partial charge is 0.247 e. The van der Waals surface area contributed by atoms with E-state index in [1.165, 1.54) is 0 Å². The molecule has 1 aliphatic rings. The summed E-state index contributed by atoms with van der Waals surface area (Å²) in [5.74, 6) is 0.773. The number of ether oxygens (including phenoxy) is 1. The predicted octanol–water partition coefficient (Wildman–Crippen LogP) is 0.725. The first-order valence-electron chi connectivity index (χ1n) is 6.52. The van der Waals surface area contributed by atoms with E-state index in [-0.39, 0.29) is 12.5 Å². The molecule has 1 heterocycles. The fourth-order valence-electron chi connectivity index (χ4n) is 2.30. The van der Waals surface area contributed by atoms with Crippen LogP contribution in [0.3, 0.4) is 0 Å². The number of aliphatic hydroxyl groups is 1. The highest BCUT2D eigenvalue weighted by Gasteiger charge is 2.32. The molecule has 0 bridgehead atoms. The molecule has 104 valence electrons. The van der Waals surface area contributed by atoms with Crippen molar-refractivity contribution in [1.82, 2.24) is 4.90 Å². The summed E-state index contributed by atoms with van der Waals surface area (Å²) >= 11 is 0. The Hall–Kier alpha value is -1.75. The van der Waals surface area contributed by atoms with Crippen LogP contribution in [0, 0.1) is 0 Å². The van der Waals surface area contributed by atoms with Crippen molar-refractivity contribution >= 4 is 11.6 Å². The number of amides is 1. The molecular formula is C14H20N2O3. The topological polar surface area (TPSA) is 53.0 Å². The van der Waals surface area contributed by atoms with Crippen LogP contribution in [-0.4, -0.2) is 55.3 Å². The van der Waals surface area contributed by atoms with Crippen LogP contribution in [0.4, 0.5) is 5.69 Å². The van der Waals surface area contributed by atoms with Crippen LogP contribution in [0.2, 0.25) is 0 Å². The minimum absolute atomic E-state index is 0.0392. The number of benzene rings is 1. The van der Waals surface area contributed by atoms with Crippen molar-refractivity contribution in [2.75, 3.05) is 38.3 Å². The Kier molecular flexibility index (Phi) is 4.27. The third kappa shape index (κ3) is 2.81. The van der Waals surface area contributed by atoms with Crippen molar-refractivity contribution in [3.8, 4) is 5.75 Å². The van der Waals surface area contributed by atoms with Gasteiger partial charge < -0.3 is 19.6 Å². The summed E-state index contributed by atoms with van der Waals surface area (Å²) in [4.78, 5) is 15.6. The molecule has 1 aliphatic heterocycles. The molecule has 0 radical (unpaired) electrons. The molecule has 1 saturated heterocycles. The molecule has 0 spiro atoms. The third-order valence-electron chi connectivity index (χ3n) is 3.37. The van der Waals surface area contributed by atoms with Crippen molar-refractivity contribution < 1.29 is 14.6 Å². The van der Waals surface area contributed by atoms with Crippen molar-refractivity contribution in [1.29, 1.82) is 0 Å². The average Bonchev–Trinajstić information content (AvgIpc) is 2.43. The lowest BCUT2D eigenvalue weighted by Gasteiger charge is -2.39. The number of rotatable bonds is 4. The van der Waals surface area contributed by atoms with Crippen molar-refractivity contribution in [3.63, 3.8) is 0 Å². The van der Waals surface area contributed by atoms with Gasteiger partial charge >= 0.3 is 0 Å². The highest BCUT2D eigenvalue weighted by Crippen LogP contribution is 2.23. The number of carbonyl (C=O) groups is 1. The van der Waals surface area contributed by atoms with Gasteiger partial charge in [-0.25, -0.2) is 0 Å². The van der Waals surface area contributed by atoms with Gasteiger partial charge in [-0.3, -0.25) is 4.79 Å². The Morgan fingerprint density at radius 3 is 2.58 bits per heavy atom. The van der Waals surface area contributed by atoms with Gasteiger partial charge in [-0.05, 0) is 31.2 Å². The third-order valence-corrected chi connectivity index (χ3v) is 3.37. The van der Waals surface area contributed by atoms with Gasteiger partial charge in [0.05, 0.1) is 13.2 Å². The lowest BCUT2D eigenvalue weighted by Crippen LogP contribution is -2.57. The van der Waals surface area contributed by atoms with E-state index in [2.05, 4.69) is 0 Å². The molecule has 0 saturated carbocycles. The minimum atomic E-state index is -0.489. The van der Waals surface area contributed by atoms with Gasteiger partial charge in [-0.15, -0.1) is 0 Å². The van der Waals surface area contributed by atoms with Crippen LogP contribution in [0.15, 0.2) is 24.3 Å². The van der Waals surface area contributed by atoms with Crippen LogP contribution in [-0.2, 0) is 4.79 Å². The number of likely N-dealkylation sites (N-methyl/N-ethyl adjacent to an activating group) is 1. The largest absolute Gasteiger partial charge is 0.494 e. The van der Waals surface area contributed by atoms with E-state index in [0.29, 0.717) is 13.2 Å². The average molecular weight is 264 g/mol. The summed E-state index contributed by atoms with van der Waals surface area (Å²) < 4.78 is 5.40. The van der Waals surface area contributed by atoms with Gasteiger partial charge in [0, 0.05) is 25.8 Å². The fraction of sp³-hybridized carbons (Fsp3) is 0.500. The quantitative estimate of drug-likeness (QED) is 0.871. The van der Waals surface area contributed by atoms with Crippen molar-refractivity contribution in [2.24, 2.45) is 0 Å². The Balaban J connectivity index is 2.17. The van der Waals surface area contributed by atoms with E-state index >= 15 is 0 Å². The number of anilines is 1. The zero-order chi connectivity index (χ0) is 13.8. The van der Waals surface area contributed by atoms with E-state index in [9.17, 15) is 9.90 Å². The monoisotopic (exact) mass is 264 g/mol. The van der Waals surface area contributed by atoms with E-state index in [0.717, 1.165) is 18.0 Å². The summed E-state index contributed by atoms with van der Waals surface area (Å²) in [6, 6.07) is 7.13. The maximum atomic E-state index is 12.0. The number of hydrogen-bond acceptors (Lipinski definition) is 4. The molecule has 1 atom stereocenters. The molecule has 5 nitrogen and oxygen atoms in total. The van der Waals surface area contributed by atoms with Gasteiger partial charge in [-0.2, -0.15) is 0 Å². The second-order valence-corrected chi connectivity index (χ2v) is 4.58. The van der Waals surface area contributed by atoms with Crippen LogP contribution < -0.4 is 9.64 Å². The highest BCUT2D eigenvalue weighted by molar-refractivity contribution is 5.86. The first kappa shape index (κ1) is 13.7. The normalized spacial score (nSPS) is 19.7. The Morgan fingerprint density at radius 1 is 1.32 bits per heavy atom. The lowest BCUT2D eigenvalue weighted by atomic mass is 10.1. The molecule has 1 unspecified atom stereocenters. The summed E-state index contributed by atoms with van der Waals surface area (Å²) in [6.45, 7) is 3.79. The molecule has 1 aromatic rings. The first-order valence-corrected chi connectivity index (χ1v) is 6.52. The number of piperazine rings is 1. The molecule has 1 aromatic carbocycles. The Labute approximate surface area is 113 Å². The van der Waals surface area contributed by atoms with Gasteiger partial charge in [0.1, 0.15) is 11.8 Å². The van der Waals surface area contributed by atoms with Crippen LogP contribution in [0.25, 0.3) is 0 Å². The molecule has 0 aromatic heterocycles. The van der Waals surface area contributed by atoms with E-state index in [4.69, 9.17) is 4.74 Å². The second kappa shape index (κ2) is 5.93. The summed E-state index contributed by atoms with van der Waals surface area (Å²) in [5.41, 5.74) is 0.934. The zero-order valence-corrected chi connectivity index (χ0v) is 11.4. The van der Waals surface area contributed by atoms with Crippen LogP contribution in [0.5, 0.6) is 5.75 Å². The number of carbonyl (C=O) groups excluding carboxylic acids is 1. The maximum absolute atomic E-state index is 12.0. The summed E-state index contributed by atoms with van der Waals surface area (Å²) in [7, 11) is 1.76. The zero-order valence-electron chi connectivity index (χ0n) is 11.4. The van der Waals surface area contributed by atoms with Gasteiger partial charge in [0.15, 0.2) is 0 Å².